The summed E-state index contributed by atoms with van der Waals surface area (Å²) in [6, 6.07) is 9.19. The van der Waals surface area contributed by atoms with Crippen molar-refractivity contribution in [2.75, 3.05) is 6.61 Å². The number of hydrogen-bond donors (Lipinski definition) is 2. The van der Waals surface area contributed by atoms with Crippen molar-refractivity contribution >= 4 is 5.97 Å². The molecular formula is C18H22N2O5. The minimum atomic E-state index is -2.44. The van der Waals surface area contributed by atoms with Crippen molar-refractivity contribution < 1.29 is 19.7 Å². The number of aryl methyl sites for hydroxylation is 2. The summed E-state index contributed by atoms with van der Waals surface area (Å²) in [6.07, 6.45) is -1.07. The maximum absolute atomic E-state index is 12.6. The Morgan fingerprint density at radius 3 is 2.48 bits per heavy atom. The van der Waals surface area contributed by atoms with Gasteiger partial charge in [0.05, 0.1) is 0 Å². The van der Waals surface area contributed by atoms with Crippen molar-refractivity contribution in [1.29, 1.82) is 0 Å². The summed E-state index contributed by atoms with van der Waals surface area (Å²) in [5.74, 6) is -1.16. The second-order valence-corrected chi connectivity index (χ2v) is 5.62. The molecule has 0 amide bonds. The number of carboxylic acid groups (broad SMARTS) is 1. The zero-order valence-corrected chi connectivity index (χ0v) is 14.5. The molecule has 0 aliphatic rings. The van der Waals surface area contributed by atoms with Crippen LogP contribution < -0.4 is 5.56 Å². The largest absolute Gasteiger partial charge is 0.479 e. The third-order valence-electron chi connectivity index (χ3n) is 3.93. The van der Waals surface area contributed by atoms with Gasteiger partial charge in [-0.15, -0.1) is 0 Å². The highest BCUT2D eigenvalue weighted by atomic mass is 16.5. The molecule has 2 aromatic rings. The monoisotopic (exact) mass is 346 g/mol. The van der Waals surface area contributed by atoms with Gasteiger partial charge in [0, 0.05) is 24.8 Å². The highest BCUT2D eigenvalue weighted by Crippen LogP contribution is 2.34. The molecule has 7 heteroatoms. The molecule has 134 valence electrons. The van der Waals surface area contributed by atoms with E-state index in [4.69, 9.17) is 4.74 Å². The Morgan fingerprint density at radius 1 is 1.32 bits per heavy atom. The van der Waals surface area contributed by atoms with E-state index in [0.717, 1.165) is 4.57 Å². The first-order valence-corrected chi connectivity index (χ1v) is 8.08. The highest BCUT2D eigenvalue weighted by molar-refractivity contribution is 5.79. The molecule has 2 rings (SSSR count). The van der Waals surface area contributed by atoms with Gasteiger partial charge in [-0.25, -0.2) is 9.78 Å². The lowest BCUT2D eigenvalue weighted by molar-refractivity contribution is -0.193. The second-order valence-electron chi connectivity index (χ2n) is 5.62. The quantitative estimate of drug-likeness (QED) is 0.790. The Kier molecular flexibility index (Phi) is 5.71. The molecule has 0 aliphatic heterocycles. The molecule has 1 aromatic carbocycles. The molecule has 1 heterocycles. The predicted octanol–water partition coefficient (Wildman–Crippen LogP) is 1.62. The van der Waals surface area contributed by atoms with Gasteiger partial charge in [0.15, 0.2) is 6.23 Å². The summed E-state index contributed by atoms with van der Waals surface area (Å²) < 4.78 is 6.69. The molecule has 2 unspecified atom stereocenters. The Labute approximate surface area is 145 Å². The molecular weight excluding hydrogens is 324 g/mol. The van der Waals surface area contributed by atoms with Gasteiger partial charge in [0.2, 0.25) is 5.60 Å². The average Bonchev–Trinajstić information content (AvgIpc) is 2.59. The van der Waals surface area contributed by atoms with E-state index < -0.39 is 23.4 Å². The van der Waals surface area contributed by atoms with Gasteiger partial charge in [0.25, 0.3) is 5.56 Å². The van der Waals surface area contributed by atoms with Gasteiger partial charge >= 0.3 is 5.97 Å². The molecule has 0 saturated heterocycles. The van der Waals surface area contributed by atoms with Crippen LogP contribution in [0.3, 0.4) is 0 Å². The molecule has 0 fully saturated rings. The van der Waals surface area contributed by atoms with E-state index in [2.05, 4.69) is 4.98 Å². The third kappa shape index (κ3) is 3.47. The van der Waals surface area contributed by atoms with Crippen molar-refractivity contribution in [3.05, 3.63) is 63.8 Å². The van der Waals surface area contributed by atoms with Crippen molar-refractivity contribution in [2.24, 2.45) is 0 Å². The predicted molar refractivity (Wildman–Crippen MR) is 91.2 cm³/mol. The molecule has 25 heavy (non-hydrogen) atoms. The van der Waals surface area contributed by atoms with Gasteiger partial charge in [-0.1, -0.05) is 37.3 Å². The number of nitrogens with zero attached hydrogens (tertiary/aromatic N) is 2. The number of aromatic nitrogens is 2. The highest BCUT2D eigenvalue weighted by Gasteiger charge is 2.49. The number of rotatable bonds is 7. The van der Waals surface area contributed by atoms with E-state index in [1.54, 1.807) is 39.0 Å². The standard InChI is InChI=1S/C18H22N2O5/c1-4-14-19-12(3)11-15(21)20(14)16(25-5-2)18(24,17(22)23)13-9-7-6-8-10-13/h6-11,16,24H,4-5H2,1-3H3,(H,22,23). The van der Waals surface area contributed by atoms with E-state index in [9.17, 15) is 19.8 Å². The molecule has 0 radical (unpaired) electrons. The SMILES string of the molecule is CCOC(n1c(CC)nc(C)cc1=O)C(O)(C(=O)O)c1ccccc1. The molecule has 1 aromatic heterocycles. The number of ether oxygens (including phenoxy) is 1. The molecule has 0 saturated carbocycles. The Morgan fingerprint density at radius 2 is 1.96 bits per heavy atom. The normalized spacial score (nSPS) is 14.7. The molecule has 0 spiro atoms. The minimum absolute atomic E-state index is 0.108. The van der Waals surface area contributed by atoms with Crippen LogP contribution in [0.1, 0.15) is 37.2 Å². The molecule has 2 atom stereocenters. The molecule has 2 N–H and O–H groups in total. The number of carboxylic acids is 1. The Bertz CT molecular complexity index is 803. The van der Waals surface area contributed by atoms with E-state index >= 15 is 0 Å². The van der Waals surface area contributed by atoms with Crippen LogP contribution in [-0.4, -0.2) is 32.3 Å². The third-order valence-corrected chi connectivity index (χ3v) is 3.93. The van der Waals surface area contributed by atoms with Gasteiger partial charge in [0.1, 0.15) is 5.82 Å². The molecule has 0 bridgehead atoms. The van der Waals surface area contributed by atoms with Crippen LogP contribution in [0.5, 0.6) is 0 Å². The minimum Gasteiger partial charge on any atom is -0.479 e. The van der Waals surface area contributed by atoms with Crippen LogP contribution in [0.25, 0.3) is 0 Å². The maximum Gasteiger partial charge on any atom is 0.345 e. The van der Waals surface area contributed by atoms with Crippen molar-refractivity contribution in [1.82, 2.24) is 9.55 Å². The molecule has 7 nitrogen and oxygen atoms in total. The zero-order valence-electron chi connectivity index (χ0n) is 14.5. The van der Waals surface area contributed by atoms with Crippen LogP contribution in [0.2, 0.25) is 0 Å². The van der Waals surface area contributed by atoms with Crippen LogP contribution in [0.15, 0.2) is 41.2 Å². The van der Waals surface area contributed by atoms with Gasteiger partial charge in [-0.05, 0) is 19.4 Å². The van der Waals surface area contributed by atoms with E-state index in [1.165, 1.54) is 18.2 Å². The summed E-state index contributed by atoms with van der Waals surface area (Å²) >= 11 is 0. The van der Waals surface area contributed by atoms with Gasteiger partial charge in [-0.3, -0.25) is 9.36 Å². The number of aliphatic carboxylic acids is 1. The van der Waals surface area contributed by atoms with E-state index in [1.807, 2.05) is 0 Å². The fourth-order valence-electron chi connectivity index (χ4n) is 2.77. The van der Waals surface area contributed by atoms with Crippen LogP contribution >= 0.6 is 0 Å². The van der Waals surface area contributed by atoms with Gasteiger partial charge in [-0.2, -0.15) is 0 Å². The van der Waals surface area contributed by atoms with E-state index in [-0.39, 0.29) is 12.2 Å². The van der Waals surface area contributed by atoms with Crippen LogP contribution in [0, 0.1) is 6.92 Å². The second kappa shape index (κ2) is 7.58. The van der Waals surface area contributed by atoms with Crippen molar-refractivity contribution in [3.8, 4) is 0 Å². The van der Waals surface area contributed by atoms with Crippen LogP contribution in [0.4, 0.5) is 0 Å². The number of carbonyl (C=O) groups is 1. The summed E-state index contributed by atoms with van der Waals surface area (Å²) in [4.78, 5) is 28.9. The lowest BCUT2D eigenvalue weighted by atomic mass is 9.91. The van der Waals surface area contributed by atoms with Crippen molar-refractivity contribution in [3.63, 3.8) is 0 Å². The lowest BCUT2D eigenvalue weighted by Gasteiger charge is -2.34. The summed E-state index contributed by atoms with van der Waals surface area (Å²) in [5, 5.41) is 20.9. The fourth-order valence-corrected chi connectivity index (χ4v) is 2.77. The average molecular weight is 346 g/mol. The Hall–Kier alpha value is -2.51. The Balaban J connectivity index is 2.76. The smallest absolute Gasteiger partial charge is 0.345 e. The van der Waals surface area contributed by atoms with Gasteiger partial charge < -0.3 is 14.9 Å². The topological polar surface area (TPSA) is 102 Å². The summed E-state index contributed by atoms with van der Waals surface area (Å²) in [7, 11) is 0. The number of benzene rings is 1. The first-order valence-electron chi connectivity index (χ1n) is 8.08. The lowest BCUT2D eigenvalue weighted by Crippen LogP contribution is -2.49. The summed E-state index contributed by atoms with van der Waals surface area (Å²) in [5.41, 5.74) is -2.28. The van der Waals surface area contributed by atoms with E-state index in [0.29, 0.717) is 17.9 Å². The maximum atomic E-state index is 12.6. The number of hydrogen-bond acceptors (Lipinski definition) is 5. The zero-order chi connectivity index (χ0) is 18.6. The first-order chi connectivity index (χ1) is 11.9. The molecule has 0 aliphatic carbocycles. The summed E-state index contributed by atoms with van der Waals surface area (Å²) in [6.45, 7) is 5.25. The fraction of sp³-hybridized carbons (Fsp3) is 0.389. The number of aliphatic hydroxyl groups is 1. The first kappa shape index (κ1) is 18.8. The van der Waals surface area contributed by atoms with Crippen LogP contribution in [-0.2, 0) is 21.6 Å². The van der Waals surface area contributed by atoms with Crippen molar-refractivity contribution in [2.45, 2.75) is 39.0 Å².